The molecule has 4 rings (SSSR count). The van der Waals surface area contributed by atoms with Crippen LogP contribution in [0.2, 0.25) is 0 Å². The maximum atomic E-state index is 13.2. The lowest BCUT2D eigenvalue weighted by molar-refractivity contribution is 0.630. The van der Waals surface area contributed by atoms with Gasteiger partial charge in [-0.3, -0.25) is 0 Å². The number of rotatable bonds is 2. The molecule has 4 nitrogen and oxygen atoms in total. The number of benzene rings is 2. The molecule has 0 radical (unpaired) electrons. The summed E-state index contributed by atoms with van der Waals surface area (Å²) in [5.41, 5.74) is 2.67. The van der Waals surface area contributed by atoms with Gasteiger partial charge in [0.2, 0.25) is 0 Å². The highest BCUT2D eigenvalue weighted by molar-refractivity contribution is 5.78. The second-order valence-electron chi connectivity index (χ2n) is 4.74. The molecule has 2 aromatic carbocycles. The van der Waals surface area contributed by atoms with Gasteiger partial charge in [-0.05, 0) is 48.5 Å². The lowest BCUT2D eigenvalue weighted by atomic mass is 10.2. The maximum Gasteiger partial charge on any atom is 0.124 e. The fourth-order valence-electron chi connectivity index (χ4n) is 2.31. The Balaban J connectivity index is 1.74. The third-order valence-corrected chi connectivity index (χ3v) is 3.35. The van der Waals surface area contributed by atoms with Crippen molar-refractivity contribution >= 4 is 10.9 Å². The molecule has 21 heavy (non-hydrogen) atoms. The molecule has 2 aromatic heterocycles. The van der Waals surface area contributed by atoms with Crippen LogP contribution in [0.1, 0.15) is 0 Å². The smallest absolute Gasteiger partial charge is 0.124 e. The van der Waals surface area contributed by atoms with Crippen LogP contribution >= 0.6 is 0 Å². The third-order valence-electron chi connectivity index (χ3n) is 3.35. The highest BCUT2D eigenvalue weighted by Crippen LogP contribution is 2.18. The molecule has 4 aromatic rings. The van der Waals surface area contributed by atoms with E-state index in [9.17, 15) is 4.39 Å². The molecule has 0 aliphatic carbocycles. The van der Waals surface area contributed by atoms with Crippen LogP contribution in [0.4, 0.5) is 4.39 Å². The first-order valence-electron chi connectivity index (χ1n) is 6.55. The van der Waals surface area contributed by atoms with Crippen molar-refractivity contribution in [1.82, 2.24) is 19.6 Å². The summed E-state index contributed by atoms with van der Waals surface area (Å²) in [5.74, 6) is -0.254. The zero-order valence-corrected chi connectivity index (χ0v) is 11.0. The van der Waals surface area contributed by atoms with E-state index in [1.165, 1.54) is 12.1 Å². The predicted molar refractivity (Wildman–Crippen MR) is 78.2 cm³/mol. The number of hydrogen-bond donors (Lipinski definition) is 0. The van der Waals surface area contributed by atoms with Gasteiger partial charge in [0.15, 0.2) is 0 Å². The van der Waals surface area contributed by atoms with Crippen LogP contribution < -0.4 is 0 Å². The number of halogens is 1. The maximum absolute atomic E-state index is 13.2. The second-order valence-corrected chi connectivity index (χ2v) is 4.74. The number of hydrogen-bond acceptors (Lipinski definition) is 2. The van der Waals surface area contributed by atoms with Gasteiger partial charge in [0, 0.05) is 24.0 Å². The average Bonchev–Trinajstić information content (AvgIpc) is 3.16. The molecular formula is C16H11FN4. The van der Waals surface area contributed by atoms with Crippen molar-refractivity contribution in [2.75, 3.05) is 0 Å². The molecule has 0 saturated heterocycles. The molecule has 0 N–H and O–H groups in total. The van der Waals surface area contributed by atoms with E-state index < -0.39 is 0 Å². The van der Waals surface area contributed by atoms with Crippen LogP contribution in [0.25, 0.3) is 22.3 Å². The fraction of sp³-hybridized carbons (Fsp3) is 0. The van der Waals surface area contributed by atoms with Gasteiger partial charge in [-0.1, -0.05) is 0 Å². The van der Waals surface area contributed by atoms with E-state index in [0.29, 0.717) is 0 Å². The third kappa shape index (κ3) is 2.08. The van der Waals surface area contributed by atoms with Gasteiger partial charge in [-0.2, -0.15) is 10.2 Å². The van der Waals surface area contributed by atoms with Gasteiger partial charge >= 0.3 is 0 Å². The summed E-state index contributed by atoms with van der Waals surface area (Å²) >= 11 is 0. The Bertz CT molecular complexity index is 892. The Kier molecular flexibility index (Phi) is 2.57. The van der Waals surface area contributed by atoms with Gasteiger partial charge in [0.05, 0.1) is 16.9 Å². The van der Waals surface area contributed by atoms with E-state index in [1.54, 1.807) is 21.6 Å². The Morgan fingerprint density at radius 1 is 0.905 bits per heavy atom. The Labute approximate surface area is 120 Å². The molecule has 0 atom stereocenters. The lowest BCUT2D eigenvalue weighted by Gasteiger charge is -2.04. The van der Waals surface area contributed by atoms with Gasteiger partial charge in [0.25, 0.3) is 0 Å². The van der Waals surface area contributed by atoms with E-state index in [4.69, 9.17) is 0 Å². The summed E-state index contributed by atoms with van der Waals surface area (Å²) in [6.45, 7) is 0. The number of nitrogens with zero attached hydrogens (tertiary/aromatic N) is 4. The summed E-state index contributed by atoms with van der Waals surface area (Å²) < 4.78 is 16.7. The minimum atomic E-state index is -0.254. The van der Waals surface area contributed by atoms with Gasteiger partial charge < -0.3 is 0 Å². The van der Waals surface area contributed by atoms with Crippen molar-refractivity contribution in [2.45, 2.75) is 0 Å². The predicted octanol–water partition coefficient (Wildman–Crippen LogP) is 3.35. The summed E-state index contributed by atoms with van der Waals surface area (Å²) in [6.07, 6.45) is 5.45. The quantitative estimate of drug-likeness (QED) is 0.563. The zero-order chi connectivity index (χ0) is 14.2. The first kappa shape index (κ1) is 11.8. The fourth-order valence-corrected chi connectivity index (χ4v) is 2.31. The first-order valence-corrected chi connectivity index (χ1v) is 6.55. The molecule has 0 unspecified atom stereocenters. The Morgan fingerprint density at radius 2 is 1.67 bits per heavy atom. The highest BCUT2D eigenvalue weighted by Gasteiger charge is 2.04. The molecule has 0 fully saturated rings. The molecule has 2 heterocycles. The van der Waals surface area contributed by atoms with Gasteiger partial charge in [-0.15, -0.1) is 0 Å². The van der Waals surface area contributed by atoms with Gasteiger partial charge in [-0.25, -0.2) is 13.8 Å². The lowest BCUT2D eigenvalue weighted by Crippen LogP contribution is -1.97. The first-order chi connectivity index (χ1) is 10.3. The Hall–Kier alpha value is -2.95. The zero-order valence-electron chi connectivity index (χ0n) is 11.0. The van der Waals surface area contributed by atoms with Crippen LogP contribution in [0, 0.1) is 5.82 Å². The van der Waals surface area contributed by atoms with Crippen LogP contribution in [0.15, 0.2) is 67.1 Å². The van der Waals surface area contributed by atoms with Crippen LogP contribution in [0.5, 0.6) is 0 Å². The van der Waals surface area contributed by atoms with E-state index in [2.05, 4.69) is 10.2 Å². The van der Waals surface area contributed by atoms with Gasteiger partial charge in [0.1, 0.15) is 5.82 Å². The van der Waals surface area contributed by atoms with Crippen molar-refractivity contribution < 1.29 is 4.39 Å². The summed E-state index contributed by atoms with van der Waals surface area (Å²) in [5, 5.41) is 9.41. The van der Waals surface area contributed by atoms with Crippen molar-refractivity contribution in [1.29, 1.82) is 0 Å². The topological polar surface area (TPSA) is 35.6 Å². The monoisotopic (exact) mass is 278 g/mol. The Morgan fingerprint density at radius 3 is 2.38 bits per heavy atom. The summed E-state index contributed by atoms with van der Waals surface area (Å²) in [4.78, 5) is 0. The highest BCUT2D eigenvalue weighted by atomic mass is 19.1. The molecule has 0 spiro atoms. The van der Waals surface area contributed by atoms with E-state index >= 15 is 0 Å². The van der Waals surface area contributed by atoms with E-state index in [-0.39, 0.29) is 5.82 Å². The van der Waals surface area contributed by atoms with Crippen LogP contribution in [-0.2, 0) is 0 Å². The molecule has 0 amide bonds. The SMILES string of the molecule is Fc1ccc2nn(-c3ccc(-n4cccn4)cc3)cc2c1. The van der Waals surface area contributed by atoms with Crippen LogP contribution in [-0.4, -0.2) is 19.6 Å². The molecule has 5 heteroatoms. The van der Waals surface area contributed by atoms with E-state index in [1.807, 2.05) is 42.7 Å². The minimum Gasteiger partial charge on any atom is -0.241 e. The number of fused-ring (bicyclic) bond motifs is 1. The molecular weight excluding hydrogens is 267 g/mol. The van der Waals surface area contributed by atoms with Crippen molar-refractivity contribution in [2.24, 2.45) is 0 Å². The van der Waals surface area contributed by atoms with Crippen LogP contribution in [0.3, 0.4) is 0 Å². The van der Waals surface area contributed by atoms with Crippen molar-refractivity contribution in [3.05, 3.63) is 72.9 Å². The molecule has 102 valence electrons. The summed E-state index contributed by atoms with van der Waals surface area (Å²) in [7, 11) is 0. The molecule has 0 aliphatic rings. The molecule has 0 saturated carbocycles. The molecule has 0 bridgehead atoms. The minimum absolute atomic E-state index is 0.254. The van der Waals surface area contributed by atoms with Crippen molar-refractivity contribution in [3.63, 3.8) is 0 Å². The second kappa shape index (κ2) is 4.56. The average molecular weight is 278 g/mol. The van der Waals surface area contributed by atoms with E-state index in [0.717, 1.165) is 22.3 Å². The number of aromatic nitrogens is 4. The normalized spacial score (nSPS) is 11.1. The summed E-state index contributed by atoms with van der Waals surface area (Å²) in [6, 6.07) is 14.3. The van der Waals surface area contributed by atoms with Crippen molar-refractivity contribution in [3.8, 4) is 11.4 Å². The largest absolute Gasteiger partial charge is 0.241 e. The molecule has 0 aliphatic heterocycles. The standard InChI is InChI=1S/C16H11FN4/c17-13-2-7-16-12(10-13)11-21(19-16)15-5-3-14(4-6-15)20-9-1-8-18-20/h1-11H.